The smallest absolute Gasteiger partial charge is 0.341 e. The third-order valence-electron chi connectivity index (χ3n) is 2.33. The van der Waals surface area contributed by atoms with Gasteiger partial charge in [0, 0.05) is 12.3 Å². The molecule has 1 aromatic heterocycles. The Bertz CT molecular complexity index is 620. The van der Waals surface area contributed by atoms with Crippen LogP contribution in [-0.2, 0) is 4.74 Å². The number of rotatable bonds is 5. The van der Waals surface area contributed by atoms with Crippen LogP contribution in [0.4, 0.5) is 5.82 Å². The molecule has 1 aromatic rings. The van der Waals surface area contributed by atoms with E-state index in [0.717, 1.165) is 0 Å². The number of hydrazone groups is 1. The van der Waals surface area contributed by atoms with Crippen LogP contribution in [0.25, 0.3) is 0 Å². The van der Waals surface area contributed by atoms with Crippen LogP contribution in [0.5, 0.6) is 0 Å². The normalized spacial score (nSPS) is 13.5. The molecule has 0 spiro atoms. The Morgan fingerprint density at radius 1 is 1.67 bits per heavy atom. The first-order valence-electron chi connectivity index (χ1n) is 6.10. The minimum absolute atomic E-state index is 0.276. The summed E-state index contributed by atoms with van der Waals surface area (Å²) >= 11 is 0. The summed E-state index contributed by atoms with van der Waals surface area (Å²) in [7, 11) is 0. The molecule has 9 nitrogen and oxygen atoms in total. The second-order valence-electron chi connectivity index (χ2n) is 3.73. The molecule has 0 aromatic carbocycles. The number of carbonyl (C=O) groups is 1. The lowest BCUT2D eigenvalue weighted by molar-refractivity contribution is 0.0526. The van der Waals surface area contributed by atoms with Crippen LogP contribution in [0, 0.1) is 11.3 Å². The molecule has 0 atom stereocenters. The molecule has 0 fully saturated rings. The fourth-order valence-electron chi connectivity index (χ4n) is 1.48. The van der Waals surface area contributed by atoms with Crippen LogP contribution < -0.4 is 16.4 Å². The minimum Gasteiger partial charge on any atom is -0.462 e. The van der Waals surface area contributed by atoms with E-state index in [1.165, 1.54) is 23.6 Å². The van der Waals surface area contributed by atoms with Crippen molar-refractivity contribution in [2.24, 2.45) is 5.10 Å². The van der Waals surface area contributed by atoms with Gasteiger partial charge in [-0.1, -0.05) is 0 Å². The van der Waals surface area contributed by atoms with Gasteiger partial charge in [0.1, 0.15) is 5.56 Å². The summed E-state index contributed by atoms with van der Waals surface area (Å²) < 4.78 is 4.95. The number of pyridine rings is 1. The summed E-state index contributed by atoms with van der Waals surface area (Å²) in [5.74, 6) is 0.242. The molecule has 0 bridgehead atoms. The van der Waals surface area contributed by atoms with Crippen LogP contribution >= 0.6 is 0 Å². The lowest BCUT2D eigenvalue weighted by Crippen LogP contribution is -2.41. The number of hydrazine groups is 3. The van der Waals surface area contributed by atoms with Gasteiger partial charge in [0.2, 0.25) is 0 Å². The molecule has 0 saturated heterocycles. The van der Waals surface area contributed by atoms with E-state index in [2.05, 4.69) is 26.5 Å². The zero-order chi connectivity index (χ0) is 15.1. The molecule has 0 radical (unpaired) electrons. The van der Waals surface area contributed by atoms with Crippen molar-refractivity contribution in [2.45, 2.75) is 6.92 Å². The van der Waals surface area contributed by atoms with E-state index >= 15 is 0 Å². The van der Waals surface area contributed by atoms with Crippen LogP contribution in [0.3, 0.4) is 0 Å². The number of esters is 1. The van der Waals surface area contributed by atoms with Crippen LogP contribution in [0.1, 0.15) is 17.3 Å². The number of ether oxygens (including phenoxy) is 1. The van der Waals surface area contributed by atoms with E-state index in [0.29, 0.717) is 11.7 Å². The van der Waals surface area contributed by atoms with E-state index < -0.39 is 5.97 Å². The van der Waals surface area contributed by atoms with Gasteiger partial charge in [0.25, 0.3) is 0 Å². The topological polar surface area (TPSA) is 115 Å². The number of anilines is 1. The Labute approximate surface area is 120 Å². The monoisotopic (exact) mass is 287 g/mol. The number of amidine groups is 1. The van der Waals surface area contributed by atoms with Gasteiger partial charge in [-0.25, -0.2) is 15.2 Å². The number of aromatic nitrogens is 1. The van der Waals surface area contributed by atoms with Crippen molar-refractivity contribution < 1.29 is 9.53 Å². The summed E-state index contributed by atoms with van der Waals surface area (Å²) in [5, 5.41) is 13.7. The highest BCUT2D eigenvalue weighted by atomic mass is 16.5. The predicted octanol–water partition coefficient (Wildman–Crippen LogP) is 0.303. The SMILES string of the molecule is CCOC(=O)c1cccnc1NN1N=C(C=CC#N)NN1. The van der Waals surface area contributed by atoms with E-state index in [9.17, 15) is 4.79 Å². The molecule has 108 valence electrons. The van der Waals surface area contributed by atoms with Crippen molar-refractivity contribution in [3.05, 3.63) is 36.0 Å². The van der Waals surface area contributed by atoms with Gasteiger partial charge in [-0.3, -0.25) is 5.43 Å². The highest BCUT2D eigenvalue weighted by Crippen LogP contribution is 2.13. The Hall–Kier alpha value is -3.12. The lowest BCUT2D eigenvalue weighted by atomic mass is 10.2. The number of hydrogen-bond acceptors (Lipinski definition) is 9. The summed E-state index contributed by atoms with van der Waals surface area (Å²) in [6.07, 6.45) is 4.30. The standard InChI is InChI=1S/C12H13N7O2/c1-2-21-12(20)9-5-4-8-14-11(9)17-19-16-10(15-18-19)6-3-7-13/h3-6,8,18H,2H2,1H3,(H,14,17)(H,15,16). The molecule has 0 saturated carbocycles. The molecule has 3 N–H and O–H groups in total. The Balaban J connectivity index is 2.11. The second kappa shape index (κ2) is 6.88. The maximum absolute atomic E-state index is 11.8. The van der Waals surface area contributed by atoms with Crippen molar-refractivity contribution in [1.82, 2.24) is 21.2 Å². The quantitative estimate of drug-likeness (QED) is 0.523. The van der Waals surface area contributed by atoms with Crippen molar-refractivity contribution >= 4 is 17.6 Å². The summed E-state index contributed by atoms with van der Waals surface area (Å²) in [6, 6.07) is 5.09. The van der Waals surface area contributed by atoms with E-state index in [4.69, 9.17) is 10.00 Å². The molecule has 0 aliphatic carbocycles. The molecule has 1 aliphatic rings. The molecular formula is C12H13N7O2. The van der Waals surface area contributed by atoms with E-state index in [1.807, 2.05) is 6.07 Å². The summed E-state index contributed by atoms with van der Waals surface area (Å²) in [4.78, 5) is 15.9. The maximum Gasteiger partial charge on any atom is 0.341 e. The van der Waals surface area contributed by atoms with Gasteiger partial charge < -0.3 is 4.74 Å². The second-order valence-corrected chi connectivity index (χ2v) is 3.73. The van der Waals surface area contributed by atoms with Gasteiger partial charge in [0.15, 0.2) is 11.7 Å². The fraction of sp³-hybridized carbons (Fsp3) is 0.167. The first-order chi connectivity index (χ1) is 10.2. The molecule has 2 rings (SSSR count). The minimum atomic E-state index is -0.478. The molecule has 0 unspecified atom stereocenters. The van der Waals surface area contributed by atoms with Gasteiger partial charge in [-0.05, 0) is 25.1 Å². The fourth-order valence-corrected chi connectivity index (χ4v) is 1.48. The number of nitrogens with one attached hydrogen (secondary N) is 3. The number of nitriles is 1. The highest BCUT2D eigenvalue weighted by molar-refractivity contribution is 5.95. The predicted molar refractivity (Wildman–Crippen MR) is 74.1 cm³/mol. The van der Waals surface area contributed by atoms with Crippen molar-refractivity contribution in [3.63, 3.8) is 0 Å². The maximum atomic E-state index is 11.8. The van der Waals surface area contributed by atoms with Gasteiger partial charge in [-0.2, -0.15) is 5.26 Å². The van der Waals surface area contributed by atoms with Crippen LogP contribution in [-0.4, -0.2) is 28.6 Å². The van der Waals surface area contributed by atoms with Gasteiger partial charge in [0.05, 0.1) is 12.7 Å². The van der Waals surface area contributed by atoms with Crippen molar-refractivity contribution in [3.8, 4) is 6.07 Å². The number of allylic oxidation sites excluding steroid dienone is 1. The summed E-state index contributed by atoms with van der Waals surface area (Å²) in [6.45, 7) is 2.00. The lowest BCUT2D eigenvalue weighted by Gasteiger charge is -2.16. The molecule has 2 heterocycles. The summed E-state index contributed by atoms with van der Waals surface area (Å²) in [5.41, 5.74) is 8.48. The number of carbonyl (C=O) groups excluding carboxylic acids is 1. The Morgan fingerprint density at radius 3 is 3.29 bits per heavy atom. The molecule has 1 aliphatic heterocycles. The Kier molecular flexibility index (Phi) is 4.68. The van der Waals surface area contributed by atoms with E-state index in [-0.39, 0.29) is 12.2 Å². The average molecular weight is 287 g/mol. The van der Waals surface area contributed by atoms with Crippen molar-refractivity contribution in [1.29, 1.82) is 5.26 Å². The zero-order valence-corrected chi connectivity index (χ0v) is 11.2. The first-order valence-corrected chi connectivity index (χ1v) is 6.10. The molecule has 0 amide bonds. The largest absolute Gasteiger partial charge is 0.462 e. The highest BCUT2D eigenvalue weighted by Gasteiger charge is 2.17. The molecule has 9 heteroatoms. The Morgan fingerprint density at radius 2 is 2.52 bits per heavy atom. The zero-order valence-electron chi connectivity index (χ0n) is 11.2. The van der Waals surface area contributed by atoms with Crippen LogP contribution in [0.15, 0.2) is 35.6 Å². The van der Waals surface area contributed by atoms with Crippen molar-refractivity contribution in [2.75, 3.05) is 12.0 Å². The first kappa shape index (κ1) is 14.3. The van der Waals surface area contributed by atoms with Gasteiger partial charge in [-0.15, -0.1) is 15.9 Å². The number of hydrogen-bond donors (Lipinski definition) is 3. The van der Waals surface area contributed by atoms with Gasteiger partial charge >= 0.3 is 5.97 Å². The van der Waals surface area contributed by atoms with Crippen LogP contribution in [0.2, 0.25) is 0 Å². The molecule has 21 heavy (non-hydrogen) atoms. The third-order valence-corrected chi connectivity index (χ3v) is 2.33. The average Bonchev–Trinajstić information content (AvgIpc) is 2.93. The molecular weight excluding hydrogens is 274 g/mol. The number of nitrogens with zero attached hydrogens (tertiary/aromatic N) is 4. The van der Waals surface area contributed by atoms with E-state index in [1.54, 1.807) is 19.1 Å². The third kappa shape index (κ3) is 3.68.